The van der Waals surface area contributed by atoms with E-state index >= 15 is 0 Å². The summed E-state index contributed by atoms with van der Waals surface area (Å²) >= 11 is 0. The third-order valence-electron chi connectivity index (χ3n) is 3.13. The van der Waals surface area contributed by atoms with Crippen molar-refractivity contribution < 1.29 is 9.53 Å². The van der Waals surface area contributed by atoms with Gasteiger partial charge in [0.15, 0.2) is 5.88 Å². The molecular weight excluding hydrogens is 228 g/mol. The Hall–Kier alpha value is -2.23. The molecule has 2 heterocycles. The van der Waals surface area contributed by atoms with Crippen molar-refractivity contribution >= 4 is 11.6 Å². The van der Waals surface area contributed by atoms with Gasteiger partial charge >= 0.3 is 0 Å². The Morgan fingerprint density at radius 2 is 2.06 bits per heavy atom. The Balaban J connectivity index is 2.06. The van der Waals surface area contributed by atoms with Gasteiger partial charge in [-0.1, -0.05) is 18.2 Å². The number of benzene rings is 1. The molecule has 0 radical (unpaired) electrons. The molecule has 4 heteroatoms. The Morgan fingerprint density at radius 3 is 2.89 bits per heavy atom. The highest BCUT2D eigenvalue weighted by atomic mass is 16.5. The molecule has 2 aromatic rings. The van der Waals surface area contributed by atoms with Crippen LogP contribution in [0, 0.1) is 0 Å². The first-order valence-corrected chi connectivity index (χ1v) is 6.01. The van der Waals surface area contributed by atoms with Crippen molar-refractivity contribution in [2.24, 2.45) is 0 Å². The molecule has 1 unspecified atom stereocenters. The van der Waals surface area contributed by atoms with Crippen LogP contribution in [0.15, 0.2) is 36.5 Å². The lowest BCUT2D eigenvalue weighted by Gasteiger charge is -2.10. The first-order valence-electron chi connectivity index (χ1n) is 6.01. The third kappa shape index (κ3) is 1.57. The normalized spacial score (nSPS) is 17.4. The van der Waals surface area contributed by atoms with Gasteiger partial charge in [-0.3, -0.25) is 4.79 Å². The molecule has 0 bridgehead atoms. The zero-order valence-corrected chi connectivity index (χ0v) is 10.1. The van der Waals surface area contributed by atoms with Gasteiger partial charge in [0.2, 0.25) is 5.91 Å². The molecule has 4 nitrogen and oxygen atoms in total. The summed E-state index contributed by atoms with van der Waals surface area (Å²) in [7, 11) is 0. The SMILES string of the molecule is CCOc1[nH]ccc1C1C(=O)Nc2ccccc21. The lowest BCUT2D eigenvalue weighted by atomic mass is 9.94. The van der Waals surface area contributed by atoms with Gasteiger partial charge in [0.05, 0.1) is 12.5 Å². The molecule has 0 saturated carbocycles. The van der Waals surface area contributed by atoms with E-state index in [9.17, 15) is 4.79 Å². The number of para-hydroxylation sites is 1. The van der Waals surface area contributed by atoms with Crippen molar-refractivity contribution in [3.8, 4) is 5.88 Å². The largest absolute Gasteiger partial charge is 0.479 e. The highest BCUT2D eigenvalue weighted by molar-refractivity contribution is 6.05. The summed E-state index contributed by atoms with van der Waals surface area (Å²) in [6.07, 6.45) is 1.80. The van der Waals surface area contributed by atoms with Crippen LogP contribution >= 0.6 is 0 Å². The zero-order chi connectivity index (χ0) is 12.5. The number of hydrogen-bond donors (Lipinski definition) is 2. The van der Waals surface area contributed by atoms with Crippen LogP contribution in [0.25, 0.3) is 0 Å². The van der Waals surface area contributed by atoms with Gasteiger partial charge in [-0.25, -0.2) is 0 Å². The first kappa shape index (κ1) is 10.9. The van der Waals surface area contributed by atoms with E-state index in [1.807, 2.05) is 37.3 Å². The van der Waals surface area contributed by atoms with Crippen molar-refractivity contribution in [3.05, 3.63) is 47.7 Å². The number of rotatable bonds is 3. The Labute approximate surface area is 105 Å². The minimum absolute atomic E-state index is 0.00301. The van der Waals surface area contributed by atoms with Gasteiger partial charge in [0.1, 0.15) is 0 Å². The number of aromatic nitrogens is 1. The average Bonchev–Trinajstić information content (AvgIpc) is 2.92. The zero-order valence-electron chi connectivity index (χ0n) is 10.1. The Bertz CT molecular complexity index is 589. The number of hydrogen-bond acceptors (Lipinski definition) is 2. The van der Waals surface area contributed by atoms with Crippen molar-refractivity contribution in [1.29, 1.82) is 0 Å². The number of carbonyl (C=O) groups is 1. The van der Waals surface area contributed by atoms with Crippen LogP contribution in [-0.4, -0.2) is 17.5 Å². The first-order chi connectivity index (χ1) is 8.81. The fourth-order valence-corrected chi connectivity index (χ4v) is 2.38. The standard InChI is InChI=1S/C14H14N2O2/c1-2-18-14-10(7-8-15-14)12-9-5-3-4-6-11(9)16-13(12)17/h3-8,12,15H,2H2,1H3,(H,16,17). The molecule has 1 atom stereocenters. The van der Waals surface area contributed by atoms with Crippen molar-refractivity contribution in [3.63, 3.8) is 0 Å². The molecule has 92 valence electrons. The molecule has 2 N–H and O–H groups in total. The van der Waals surface area contributed by atoms with E-state index in [1.165, 1.54) is 0 Å². The number of fused-ring (bicyclic) bond motifs is 1. The molecule has 1 amide bonds. The summed E-state index contributed by atoms with van der Waals surface area (Å²) in [6, 6.07) is 9.65. The second kappa shape index (κ2) is 4.22. The van der Waals surface area contributed by atoms with E-state index in [-0.39, 0.29) is 11.8 Å². The molecule has 0 spiro atoms. The van der Waals surface area contributed by atoms with E-state index in [0.29, 0.717) is 12.5 Å². The summed E-state index contributed by atoms with van der Waals surface area (Å²) in [6.45, 7) is 2.50. The van der Waals surface area contributed by atoms with E-state index in [0.717, 1.165) is 16.8 Å². The van der Waals surface area contributed by atoms with Gasteiger partial charge in [0.25, 0.3) is 0 Å². The second-order valence-electron chi connectivity index (χ2n) is 4.20. The van der Waals surface area contributed by atoms with Crippen LogP contribution in [-0.2, 0) is 4.79 Å². The summed E-state index contributed by atoms with van der Waals surface area (Å²) in [5, 5.41) is 2.90. The molecular formula is C14H14N2O2. The predicted molar refractivity (Wildman–Crippen MR) is 68.9 cm³/mol. The quantitative estimate of drug-likeness (QED) is 0.868. The number of amides is 1. The van der Waals surface area contributed by atoms with Crippen molar-refractivity contribution in [2.75, 3.05) is 11.9 Å². The Morgan fingerprint density at radius 1 is 1.22 bits per heavy atom. The van der Waals surface area contributed by atoms with E-state index < -0.39 is 0 Å². The number of anilines is 1. The molecule has 1 aliphatic heterocycles. The van der Waals surface area contributed by atoms with Gasteiger partial charge < -0.3 is 15.0 Å². The van der Waals surface area contributed by atoms with Crippen LogP contribution in [0.2, 0.25) is 0 Å². The molecule has 0 fully saturated rings. The Kier molecular flexibility index (Phi) is 2.55. The third-order valence-corrected chi connectivity index (χ3v) is 3.13. The number of nitrogens with one attached hydrogen (secondary N) is 2. The summed E-state index contributed by atoms with van der Waals surface area (Å²) < 4.78 is 5.52. The molecule has 1 aliphatic rings. The lowest BCUT2D eigenvalue weighted by molar-refractivity contribution is -0.116. The van der Waals surface area contributed by atoms with Gasteiger partial charge in [-0.2, -0.15) is 0 Å². The van der Waals surface area contributed by atoms with E-state index in [4.69, 9.17) is 4.74 Å². The maximum absolute atomic E-state index is 12.1. The number of carbonyl (C=O) groups excluding carboxylic acids is 1. The van der Waals surface area contributed by atoms with Crippen LogP contribution in [0.3, 0.4) is 0 Å². The highest BCUT2D eigenvalue weighted by Gasteiger charge is 2.34. The molecule has 0 aliphatic carbocycles. The van der Waals surface area contributed by atoms with E-state index in [2.05, 4.69) is 10.3 Å². The van der Waals surface area contributed by atoms with Gasteiger partial charge in [0, 0.05) is 17.4 Å². The second-order valence-corrected chi connectivity index (χ2v) is 4.20. The molecule has 3 rings (SSSR count). The lowest BCUT2D eigenvalue weighted by Crippen LogP contribution is -2.13. The number of H-pyrrole nitrogens is 1. The summed E-state index contributed by atoms with van der Waals surface area (Å²) in [5.41, 5.74) is 2.78. The van der Waals surface area contributed by atoms with Crippen LogP contribution in [0.1, 0.15) is 24.0 Å². The van der Waals surface area contributed by atoms with Crippen LogP contribution in [0.5, 0.6) is 5.88 Å². The topological polar surface area (TPSA) is 54.1 Å². The minimum atomic E-state index is -0.283. The summed E-state index contributed by atoms with van der Waals surface area (Å²) in [5.74, 6) is 0.389. The predicted octanol–water partition coefficient (Wildman–Crippen LogP) is 2.50. The molecule has 1 aromatic carbocycles. The fourth-order valence-electron chi connectivity index (χ4n) is 2.38. The smallest absolute Gasteiger partial charge is 0.236 e. The molecule has 1 aromatic heterocycles. The molecule has 18 heavy (non-hydrogen) atoms. The minimum Gasteiger partial charge on any atom is -0.479 e. The monoisotopic (exact) mass is 242 g/mol. The van der Waals surface area contributed by atoms with Gasteiger partial charge in [-0.05, 0) is 24.6 Å². The maximum Gasteiger partial charge on any atom is 0.236 e. The van der Waals surface area contributed by atoms with Crippen molar-refractivity contribution in [1.82, 2.24) is 4.98 Å². The van der Waals surface area contributed by atoms with Crippen LogP contribution in [0.4, 0.5) is 5.69 Å². The van der Waals surface area contributed by atoms with Crippen LogP contribution < -0.4 is 10.1 Å². The summed E-state index contributed by atoms with van der Waals surface area (Å²) in [4.78, 5) is 15.1. The maximum atomic E-state index is 12.1. The average molecular weight is 242 g/mol. The van der Waals surface area contributed by atoms with E-state index in [1.54, 1.807) is 6.20 Å². The number of aromatic amines is 1. The fraction of sp³-hybridized carbons (Fsp3) is 0.214. The molecule has 0 saturated heterocycles. The number of ether oxygens (including phenoxy) is 1. The highest BCUT2D eigenvalue weighted by Crippen LogP contribution is 2.39. The van der Waals surface area contributed by atoms with Crippen molar-refractivity contribution in [2.45, 2.75) is 12.8 Å². The van der Waals surface area contributed by atoms with Gasteiger partial charge in [-0.15, -0.1) is 0 Å².